The van der Waals surface area contributed by atoms with Crippen LogP contribution in [0.4, 0.5) is 5.69 Å². The van der Waals surface area contributed by atoms with E-state index < -0.39 is 16.8 Å². The van der Waals surface area contributed by atoms with Crippen molar-refractivity contribution in [3.05, 3.63) is 75.8 Å². The third-order valence-corrected chi connectivity index (χ3v) is 3.75. The number of ketones is 1. The summed E-state index contributed by atoms with van der Waals surface area (Å²) in [5.74, 6) is -1.24. The van der Waals surface area contributed by atoms with E-state index in [-0.39, 0.29) is 17.9 Å². The summed E-state index contributed by atoms with van der Waals surface area (Å²) in [6.45, 7) is 1.46. The van der Waals surface area contributed by atoms with Crippen LogP contribution in [0.3, 0.4) is 0 Å². The molecule has 0 amide bonds. The second-order valence-electron chi connectivity index (χ2n) is 5.35. The van der Waals surface area contributed by atoms with E-state index in [9.17, 15) is 20.2 Å². The van der Waals surface area contributed by atoms with Crippen molar-refractivity contribution in [1.82, 2.24) is 0 Å². The lowest BCUT2D eigenvalue weighted by atomic mass is 9.79. The summed E-state index contributed by atoms with van der Waals surface area (Å²) in [6, 6.07) is 17.6. The maximum Gasteiger partial charge on any atom is 0.273 e. The number of rotatable bonds is 6. The number of Topliss-reactive ketones (excluding diaryl/α,β-unsaturated/α-hetero) is 1. The molecule has 0 heterocycles. The van der Waals surface area contributed by atoms with Gasteiger partial charge in [0.15, 0.2) is 0 Å². The first-order chi connectivity index (χ1) is 11.0. The average Bonchev–Trinajstić information content (AvgIpc) is 2.55. The number of benzene rings is 2. The summed E-state index contributed by atoms with van der Waals surface area (Å²) in [5, 5.41) is 20.9. The van der Waals surface area contributed by atoms with Crippen molar-refractivity contribution in [2.24, 2.45) is 0 Å². The van der Waals surface area contributed by atoms with Crippen LogP contribution in [-0.2, 0) is 4.79 Å². The van der Waals surface area contributed by atoms with E-state index in [4.69, 9.17) is 0 Å². The highest BCUT2D eigenvalue weighted by atomic mass is 16.6. The molecule has 0 aliphatic carbocycles. The first kappa shape index (κ1) is 16.4. The third-order valence-electron chi connectivity index (χ3n) is 3.75. The highest BCUT2D eigenvalue weighted by molar-refractivity contribution is 5.77. The van der Waals surface area contributed by atoms with Gasteiger partial charge in [-0.15, -0.1) is 0 Å². The summed E-state index contributed by atoms with van der Waals surface area (Å²) in [4.78, 5) is 22.4. The predicted octanol–water partition coefficient (Wildman–Crippen LogP) is 3.96. The third kappa shape index (κ3) is 3.80. The molecule has 0 fully saturated rings. The summed E-state index contributed by atoms with van der Waals surface area (Å²) in [5.41, 5.74) is 1.08. The Kier molecular flexibility index (Phi) is 5.21. The average molecular weight is 308 g/mol. The molecule has 2 aromatic carbocycles. The van der Waals surface area contributed by atoms with E-state index in [1.165, 1.54) is 13.0 Å². The Hall–Kier alpha value is -3.00. The molecular formula is C18H16N2O3. The van der Waals surface area contributed by atoms with E-state index in [0.717, 1.165) is 5.56 Å². The predicted molar refractivity (Wildman–Crippen MR) is 85.9 cm³/mol. The van der Waals surface area contributed by atoms with E-state index in [1.807, 2.05) is 30.3 Å². The maximum absolute atomic E-state index is 11.7. The minimum Gasteiger partial charge on any atom is -0.300 e. The Bertz CT molecular complexity index is 750. The molecule has 2 unspecified atom stereocenters. The normalized spacial score (nSPS) is 12.9. The molecule has 0 aromatic heterocycles. The van der Waals surface area contributed by atoms with Gasteiger partial charge >= 0.3 is 0 Å². The van der Waals surface area contributed by atoms with Crippen LogP contribution < -0.4 is 0 Å². The molecular weight excluding hydrogens is 292 g/mol. The molecule has 0 saturated carbocycles. The van der Waals surface area contributed by atoms with Crippen LogP contribution in [0.1, 0.15) is 36.3 Å². The maximum atomic E-state index is 11.7. The van der Waals surface area contributed by atoms with Crippen molar-refractivity contribution < 1.29 is 9.72 Å². The van der Waals surface area contributed by atoms with E-state index >= 15 is 0 Å². The lowest BCUT2D eigenvalue weighted by molar-refractivity contribution is -0.385. The topological polar surface area (TPSA) is 84.0 Å². The van der Waals surface area contributed by atoms with Crippen LogP contribution in [0.2, 0.25) is 0 Å². The SMILES string of the molecule is CC(=O)CC(c1ccccc1)C(C#N)c1ccccc1[N+](=O)[O-]. The molecule has 23 heavy (non-hydrogen) atoms. The molecule has 0 bridgehead atoms. The molecule has 0 aliphatic rings. The summed E-state index contributed by atoms with van der Waals surface area (Å²) >= 11 is 0. The van der Waals surface area contributed by atoms with Crippen molar-refractivity contribution in [2.45, 2.75) is 25.2 Å². The molecule has 0 saturated heterocycles. The van der Waals surface area contributed by atoms with Crippen molar-refractivity contribution >= 4 is 11.5 Å². The Balaban J connectivity index is 2.54. The minimum atomic E-state index is -0.761. The first-order valence-electron chi connectivity index (χ1n) is 7.22. The monoisotopic (exact) mass is 308 g/mol. The highest BCUT2D eigenvalue weighted by Crippen LogP contribution is 2.39. The zero-order valence-corrected chi connectivity index (χ0v) is 12.7. The van der Waals surface area contributed by atoms with Gasteiger partial charge in [0.05, 0.1) is 16.9 Å². The smallest absolute Gasteiger partial charge is 0.273 e. The molecule has 0 N–H and O–H groups in total. The van der Waals surface area contributed by atoms with E-state index in [1.54, 1.807) is 18.2 Å². The first-order valence-corrected chi connectivity index (χ1v) is 7.22. The number of nitriles is 1. The quantitative estimate of drug-likeness (QED) is 0.597. The van der Waals surface area contributed by atoms with Crippen LogP contribution in [-0.4, -0.2) is 10.7 Å². The minimum absolute atomic E-state index is 0.0577. The van der Waals surface area contributed by atoms with Gasteiger partial charge in [-0.2, -0.15) is 5.26 Å². The number of hydrogen-bond donors (Lipinski definition) is 0. The van der Waals surface area contributed by atoms with Crippen LogP contribution in [0.15, 0.2) is 54.6 Å². The Morgan fingerprint density at radius 2 is 1.78 bits per heavy atom. The van der Waals surface area contributed by atoms with Crippen LogP contribution in [0.25, 0.3) is 0 Å². The molecule has 2 aromatic rings. The number of nitro groups is 1. The van der Waals surface area contributed by atoms with Gasteiger partial charge in [0.2, 0.25) is 0 Å². The molecule has 5 nitrogen and oxygen atoms in total. The summed E-state index contributed by atoms with van der Waals surface area (Å²) in [6.07, 6.45) is 0.161. The van der Waals surface area contributed by atoms with Crippen molar-refractivity contribution in [2.75, 3.05) is 0 Å². The van der Waals surface area contributed by atoms with Gasteiger partial charge < -0.3 is 4.79 Å². The Morgan fingerprint density at radius 3 is 2.35 bits per heavy atom. The van der Waals surface area contributed by atoms with E-state index in [0.29, 0.717) is 5.56 Å². The van der Waals surface area contributed by atoms with Crippen molar-refractivity contribution in [1.29, 1.82) is 5.26 Å². The second-order valence-corrected chi connectivity index (χ2v) is 5.35. The molecule has 2 atom stereocenters. The van der Waals surface area contributed by atoms with Gasteiger partial charge in [-0.1, -0.05) is 48.5 Å². The molecule has 116 valence electrons. The van der Waals surface area contributed by atoms with Gasteiger partial charge in [-0.05, 0) is 12.5 Å². The highest BCUT2D eigenvalue weighted by Gasteiger charge is 2.30. The van der Waals surface area contributed by atoms with Crippen LogP contribution >= 0.6 is 0 Å². The van der Waals surface area contributed by atoms with E-state index in [2.05, 4.69) is 6.07 Å². The Labute approximate surface area is 134 Å². The van der Waals surface area contributed by atoms with Gasteiger partial charge in [-0.25, -0.2) is 0 Å². The largest absolute Gasteiger partial charge is 0.300 e. The number of hydrogen-bond acceptors (Lipinski definition) is 4. The zero-order valence-electron chi connectivity index (χ0n) is 12.7. The lowest BCUT2D eigenvalue weighted by Gasteiger charge is -2.21. The summed E-state index contributed by atoms with van der Waals surface area (Å²) in [7, 11) is 0. The number of carbonyl (C=O) groups excluding carboxylic acids is 1. The van der Waals surface area contributed by atoms with Crippen molar-refractivity contribution in [3.8, 4) is 6.07 Å². The fraction of sp³-hybridized carbons (Fsp3) is 0.222. The number of carbonyl (C=O) groups is 1. The molecule has 5 heteroatoms. The molecule has 0 aliphatic heterocycles. The summed E-state index contributed by atoms with van der Waals surface area (Å²) < 4.78 is 0. The van der Waals surface area contributed by atoms with Crippen LogP contribution in [0.5, 0.6) is 0 Å². The number of para-hydroxylation sites is 1. The standard InChI is InChI=1S/C18H16N2O3/c1-13(21)11-16(14-7-3-2-4-8-14)17(12-19)15-9-5-6-10-18(15)20(22)23/h2-10,16-17H,11H2,1H3. The molecule has 0 spiro atoms. The molecule has 2 rings (SSSR count). The fourth-order valence-corrected chi connectivity index (χ4v) is 2.73. The van der Waals surface area contributed by atoms with Gasteiger partial charge in [0, 0.05) is 24.0 Å². The van der Waals surface area contributed by atoms with Crippen molar-refractivity contribution in [3.63, 3.8) is 0 Å². The fourth-order valence-electron chi connectivity index (χ4n) is 2.73. The van der Waals surface area contributed by atoms with Gasteiger partial charge in [0.25, 0.3) is 5.69 Å². The zero-order chi connectivity index (χ0) is 16.8. The number of nitro benzene ring substituents is 1. The van der Waals surface area contributed by atoms with Gasteiger partial charge in [0.1, 0.15) is 5.78 Å². The molecule has 0 radical (unpaired) electrons. The van der Waals surface area contributed by atoms with Gasteiger partial charge in [-0.3, -0.25) is 10.1 Å². The Morgan fingerprint density at radius 1 is 1.17 bits per heavy atom. The lowest BCUT2D eigenvalue weighted by Crippen LogP contribution is -2.14. The second kappa shape index (κ2) is 7.32. The number of nitrogens with zero attached hydrogens (tertiary/aromatic N) is 2. The van der Waals surface area contributed by atoms with Crippen LogP contribution in [0, 0.1) is 21.4 Å².